The Kier molecular flexibility index (Phi) is 3.98. The summed E-state index contributed by atoms with van der Waals surface area (Å²) >= 11 is 11.5. The van der Waals surface area contributed by atoms with Crippen molar-refractivity contribution in [1.29, 1.82) is 0 Å². The van der Waals surface area contributed by atoms with Crippen molar-refractivity contribution in [3.63, 3.8) is 0 Å². The van der Waals surface area contributed by atoms with Crippen LogP contribution in [0.25, 0.3) is 0 Å². The molecule has 0 saturated heterocycles. The summed E-state index contributed by atoms with van der Waals surface area (Å²) in [5.74, 6) is -1.70. The van der Waals surface area contributed by atoms with E-state index < -0.39 is 11.8 Å². The molecule has 1 heterocycles. The predicted molar refractivity (Wildman–Crippen MR) is 70.1 cm³/mol. The number of hydrogen-bond donors (Lipinski definition) is 3. The van der Waals surface area contributed by atoms with E-state index in [1.54, 1.807) is 0 Å². The Balaban J connectivity index is 2.02. The Morgan fingerprint density at radius 3 is 2.26 bits per heavy atom. The van der Waals surface area contributed by atoms with Gasteiger partial charge in [0.2, 0.25) is 5.95 Å². The highest BCUT2D eigenvalue weighted by atomic mass is 35.5. The number of carbonyl (C=O) groups is 2. The Morgan fingerprint density at radius 1 is 1.05 bits per heavy atom. The summed E-state index contributed by atoms with van der Waals surface area (Å²) in [6, 6.07) is 4.44. The molecule has 0 radical (unpaired) electrons. The quantitative estimate of drug-likeness (QED) is 0.735. The van der Waals surface area contributed by atoms with Crippen LogP contribution in [0.1, 0.15) is 0 Å². The van der Waals surface area contributed by atoms with E-state index in [0.717, 1.165) is 0 Å². The number of carbonyl (C=O) groups excluding carboxylic acids is 2. The van der Waals surface area contributed by atoms with Crippen LogP contribution in [-0.4, -0.2) is 27.0 Å². The number of nitrogens with one attached hydrogen (secondary N) is 3. The van der Waals surface area contributed by atoms with E-state index in [1.807, 2.05) is 0 Å². The molecule has 3 N–H and O–H groups in total. The van der Waals surface area contributed by atoms with Gasteiger partial charge in [0, 0.05) is 15.7 Å². The molecule has 0 aliphatic heterocycles. The third-order valence-corrected chi connectivity index (χ3v) is 2.41. The second-order valence-corrected chi connectivity index (χ2v) is 4.27. The number of amides is 2. The lowest BCUT2D eigenvalue weighted by Gasteiger charge is -2.05. The molecule has 0 fully saturated rings. The number of rotatable bonds is 2. The molecule has 2 aromatic rings. The molecular weight excluding hydrogens is 293 g/mol. The lowest BCUT2D eigenvalue weighted by Crippen LogP contribution is -2.29. The number of H-pyrrole nitrogens is 1. The van der Waals surface area contributed by atoms with E-state index >= 15 is 0 Å². The maximum absolute atomic E-state index is 11.6. The number of hydrogen-bond acceptors (Lipinski definition) is 4. The molecule has 1 aromatic carbocycles. The van der Waals surface area contributed by atoms with Gasteiger partial charge < -0.3 is 5.32 Å². The highest BCUT2D eigenvalue weighted by Gasteiger charge is 2.15. The standard InChI is InChI=1S/C10H7Cl2N5O2/c11-5-1-6(12)3-7(2-5)15-8(18)9(19)16-10-13-4-14-17-10/h1-4H,(H,15,18)(H2,13,14,16,17,19). The van der Waals surface area contributed by atoms with Crippen molar-refractivity contribution in [2.45, 2.75) is 0 Å². The molecule has 0 unspecified atom stereocenters. The first-order valence-corrected chi connectivity index (χ1v) is 5.74. The van der Waals surface area contributed by atoms with Crippen molar-refractivity contribution in [2.75, 3.05) is 10.6 Å². The van der Waals surface area contributed by atoms with Crippen molar-refractivity contribution < 1.29 is 9.59 Å². The van der Waals surface area contributed by atoms with E-state index in [4.69, 9.17) is 23.2 Å². The molecule has 1 aromatic heterocycles. The van der Waals surface area contributed by atoms with Crippen molar-refractivity contribution >= 4 is 46.7 Å². The minimum atomic E-state index is -0.896. The molecule has 0 aliphatic rings. The highest BCUT2D eigenvalue weighted by molar-refractivity contribution is 6.43. The van der Waals surface area contributed by atoms with Crippen LogP contribution in [0.15, 0.2) is 24.5 Å². The number of aromatic nitrogens is 3. The fourth-order valence-electron chi connectivity index (χ4n) is 1.24. The predicted octanol–water partition coefficient (Wildman–Crippen LogP) is 1.69. The number of aromatic amines is 1. The summed E-state index contributed by atoms with van der Waals surface area (Å²) < 4.78 is 0. The van der Waals surface area contributed by atoms with E-state index in [2.05, 4.69) is 25.8 Å². The van der Waals surface area contributed by atoms with Crippen LogP contribution in [0, 0.1) is 0 Å². The first-order chi connectivity index (χ1) is 9.04. The molecule has 0 bridgehead atoms. The maximum atomic E-state index is 11.6. The summed E-state index contributed by atoms with van der Waals surface area (Å²) in [4.78, 5) is 26.8. The van der Waals surface area contributed by atoms with Crippen LogP contribution in [0.4, 0.5) is 11.6 Å². The van der Waals surface area contributed by atoms with Crippen LogP contribution in [0.3, 0.4) is 0 Å². The van der Waals surface area contributed by atoms with Crippen molar-refractivity contribution in [3.05, 3.63) is 34.6 Å². The van der Waals surface area contributed by atoms with Gasteiger partial charge in [0.15, 0.2) is 0 Å². The van der Waals surface area contributed by atoms with Crippen molar-refractivity contribution in [1.82, 2.24) is 15.2 Å². The molecule has 2 rings (SSSR count). The van der Waals surface area contributed by atoms with Gasteiger partial charge in [-0.2, -0.15) is 10.1 Å². The molecule has 0 atom stereocenters. The van der Waals surface area contributed by atoms with Crippen LogP contribution in [0.2, 0.25) is 10.0 Å². The van der Waals surface area contributed by atoms with Gasteiger partial charge in [-0.3, -0.25) is 14.9 Å². The lowest BCUT2D eigenvalue weighted by atomic mass is 10.3. The number of halogens is 2. The molecule has 0 aliphatic carbocycles. The SMILES string of the molecule is O=C(Nc1cc(Cl)cc(Cl)c1)C(=O)Nc1ncn[nH]1. The molecule has 9 heteroatoms. The minimum absolute atomic E-state index is 0.0734. The molecule has 7 nitrogen and oxygen atoms in total. The van der Waals surface area contributed by atoms with Gasteiger partial charge in [0.25, 0.3) is 0 Å². The smallest absolute Gasteiger partial charge is 0.316 e. The maximum Gasteiger partial charge on any atom is 0.316 e. The molecule has 98 valence electrons. The number of anilines is 2. The summed E-state index contributed by atoms with van der Waals surface area (Å²) in [7, 11) is 0. The van der Waals surface area contributed by atoms with Crippen molar-refractivity contribution in [3.8, 4) is 0 Å². The summed E-state index contributed by atoms with van der Waals surface area (Å²) in [5.41, 5.74) is 0.315. The highest BCUT2D eigenvalue weighted by Crippen LogP contribution is 2.22. The summed E-state index contributed by atoms with van der Waals surface area (Å²) in [6.45, 7) is 0. The van der Waals surface area contributed by atoms with E-state index in [-0.39, 0.29) is 5.95 Å². The lowest BCUT2D eigenvalue weighted by molar-refractivity contribution is -0.133. The molecule has 19 heavy (non-hydrogen) atoms. The fraction of sp³-hybridized carbons (Fsp3) is 0. The van der Waals surface area contributed by atoms with E-state index in [1.165, 1.54) is 24.5 Å². The van der Waals surface area contributed by atoms with Crippen LogP contribution >= 0.6 is 23.2 Å². The van der Waals surface area contributed by atoms with Crippen LogP contribution in [-0.2, 0) is 9.59 Å². The normalized spacial score (nSPS) is 10.0. The first-order valence-electron chi connectivity index (χ1n) is 4.98. The van der Waals surface area contributed by atoms with Gasteiger partial charge in [-0.25, -0.2) is 5.10 Å². The van der Waals surface area contributed by atoms with Gasteiger partial charge in [-0.05, 0) is 18.2 Å². The molecule has 0 spiro atoms. The van der Waals surface area contributed by atoms with Gasteiger partial charge in [-0.1, -0.05) is 23.2 Å². The Labute approximate surface area is 117 Å². The Morgan fingerprint density at radius 2 is 1.68 bits per heavy atom. The zero-order valence-corrected chi connectivity index (χ0v) is 10.8. The van der Waals surface area contributed by atoms with Gasteiger partial charge in [0.05, 0.1) is 0 Å². The third kappa shape index (κ3) is 3.67. The Bertz CT molecular complexity index is 594. The van der Waals surface area contributed by atoms with E-state index in [9.17, 15) is 9.59 Å². The largest absolute Gasteiger partial charge is 0.318 e. The minimum Gasteiger partial charge on any atom is -0.318 e. The zero-order chi connectivity index (χ0) is 13.8. The molecular formula is C10H7Cl2N5O2. The topological polar surface area (TPSA) is 99.8 Å². The average molecular weight is 300 g/mol. The van der Waals surface area contributed by atoms with E-state index in [0.29, 0.717) is 15.7 Å². The zero-order valence-electron chi connectivity index (χ0n) is 9.28. The third-order valence-electron chi connectivity index (χ3n) is 1.97. The van der Waals surface area contributed by atoms with Crippen LogP contribution < -0.4 is 10.6 Å². The Hall–Kier alpha value is -2.12. The number of nitrogens with zero attached hydrogens (tertiary/aromatic N) is 2. The number of benzene rings is 1. The second-order valence-electron chi connectivity index (χ2n) is 3.40. The van der Waals surface area contributed by atoms with Gasteiger partial charge in [-0.15, -0.1) is 0 Å². The fourth-order valence-corrected chi connectivity index (χ4v) is 1.77. The molecule has 0 saturated carbocycles. The van der Waals surface area contributed by atoms with Crippen LogP contribution in [0.5, 0.6) is 0 Å². The summed E-state index contributed by atoms with van der Waals surface area (Å²) in [6.07, 6.45) is 1.20. The summed E-state index contributed by atoms with van der Waals surface area (Å²) in [5, 5.41) is 11.2. The molecule has 2 amide bonds. The average Bonchev–Trinajstić information content (AvgIpc) is 2.80. The first kappa shape index (κ1) is 13.3. The van der Waals surface area contributed by atoms with Gasteiger partial charge >= 0.3 is 11.8 Å². The second kappa shape index (κ2) is 5.68. The monoisotopic (exact) mass is 299 g/mol. The van der Waals surface area contributed by atoms with Gasteiger partial charge in [0.1, 0.15) is 6.33 Å². The van der Waals surface area contributed by atoms with Crippen molar-refractivity contribution in [2.24, 2.45) is 0 Å².